The van der Waals surface area contributed by atoms with Gasteiger partial charge in [-0.25, -0.2) is 0 Å². The molecule has 4 rings (SSSR count). The molecule has 1 aromatic carbocycles. The van der Waals surface area contributed by atoms with Gasteiger partial charge in [0.1, 0.15) is 5.75 Å². The van der Waals surface area contributed by atoms with Crippen molar-refractivity contribution in [2.75, 3.05) is 65.4 Å². The van der Waals surface area contributed by atoms with E-state index in [4.69, 9.17) is 4.74 Å². The third-order valence-corrected chi connectivity index (χ3v) is 7.75. The molecule has 0 N–H and O–H groups in total. The molecule has 3 aliphatic heterocycles. The zero-order valence-corrected chi connectivity index (χ0v) is 18.9. The van der Waals surface area contributed by atoms with Crippen LogP contribution in [-0.2, 0) is 4.79 Å². The number of rotatable bonds is 6. The summed E-state index contributed by atoms with van der Waals surface area (Å²) in [7, 11) is 3.86. The molecule has 3 heterocycles. The largest absolute Gasteiger partial charge is 0.497 e. The first kappa shape index (κ1) is 21.0. The molecule has 5 nitrogen and oxygen atoms in total. The van der Waals surface area contributed by atoms with Crippen LogP contribution in [0.2, 0.25) is 0 Å². The average Bonchev–Trinajstić information content (AvgIpc) is 3.30. The first-order chi connectivity index (χ1) is 14.1. The topological polar surface area (TPSA) is 36.0 Å². The average molecular weight is 418 g/mol. The number of ether oxygens (including phenoxy) is 1. The van der Waals surface area contributed by atoms with Crippen LogP contribution in [0.1, 0.15) is 24.4 Å². The Kier molecular flexibility index (Phi) is 6.72. The van der Waals surface area contributed by atoms with Gasteiger partial charge in [-0.1, -0.05) is 12.1 Å². The van der Waals surface area contributed by atoms with Crippen molar-refractivity contribution in [2.24, 2.45) is 17.8 Å². The number of piperidine rings is 1. The quantitative estimate of drug-likeness (QED) is 0.711. The van der Waals surface area contributed by atoms with Gasteiger partial charge in [0.15, 0.2) is 0 Å². The van der Waals surface area contributed by atoms with Gasteiger partial charge in [0.25, 0.3) is 0 Å². The second-order valence-electron chi connectivity index (χ2n) is 8.96. The van der Waals surface area contributed by atoms with Crippen LogP contribution < -0.4 is 4.74 Å². The normalized spacial score (nSPS) is 28.7. The van der Waals surface area contributed by atoms with E-state index in [-0.39, 0.29) is 12.0 Å². The summed E-state index contributed by atoms with van der Waals surface area (Å²) in [6.07, 6.45) is 4.17. The van der Waals surface area contributed by atoms with E-state index in [0.29, 0.717) is 17.7 Å². The Morgan fingerprint density at radius 2 is 1.86 bits per heavy atom. The Labute approximate surface area is 179 Å². The minimum Gasteiger partial charge on any atom is -0.497 e. The fraction of sp³-hybridized carbons (Fsp3) is 0.696. The second-order valence-corrected chi connectivity index (χ2v) is 9.95. The van der Waals surface area contributed by atoms with Crippen LogP contribution in [0.4, 0.5) is 0 Å². The van der Waals surface area contributed by atoms with E-state index in [1.54, 1.807) is 7.11 Å². The number of nitrogens with zero attached hydrogens (tertiary/aromatic N) is 3. The summed E-state index contributed by atoms with van der Waals surface area (Å²) in [5.74, 6) is 3.79. The van der Waals surface area contributed by atoms with Crippen LogP contribution in [-0.4, -0.2) is 86.0 Å². The van der Waals surface area contributed by atoms with Crippen LogP contribution in [0, 0.1) is 17.8 Å². The lowest BCUT2D eigenvalue weighted by Crippen LogP contribution is -2.43. The Bertz CT molecular complexity index is 690. The summed E-state index contributed by atoms with van der Waals surface area (Å²) < 4.78 is 5.36. The molecule has 0 aliphatic carbocycles. The molecule has 1 amide bonds. The number of fused-ring (bicyclic) bond motifs is 1. The summed E-state index contributed by atoms with van der Waals surface area (Å²) in [5.41, 5.74) is 1.27. The van der Waals surface area contributed by atoms with Gasteiger partial charge in [0, 0.05) is 43.8 Å². The summed E-state index contributed by atoms with van der Waals surface area (Å²) in [6, 6.07) is 8.64. The summed E-state index contributed by atoms with van der Waals surface area (Å²) in [5, 5.41) is 0. The van der Waals surface area contributed by atoms with E-state index in [1.165, 1.54) is 11.3 Å². The molecule has 0 unspecified atom stereocenters. The van der Waals surface area contributed by atoms with Crippen molar-refractivity contribution < 1.29 is 9.53 Å². The highest BCUT2D eigenvalue weighted by Gasteiger charge is 2.49. The van der Waals surface area contributed by atoms with E-state index in [9.17, 15) is 4.79 Å². The number of hydrogen-bond acceptors (Lipinski definition) is 5. The molecule has 3 saturated heterocycles. The first-order valence-electron chi connectivity index (χ1n) is 10.9. The lowest BCUT2D eigenvalue weighted by Gasteiger charge is -2.35. The lowest BCUT2D eigenvalue weighted by atomic mass is 9.89. The molecule has 3 aliphatic rings. The molecule has 29 heavy (non-hydrogen) atoms. The van der Waals surface area contributed by atoms with Crippen LogP contribution in [0.15, 0.2) is 24.3 Å². The molecule has 1 aromatic rings. The smallest absolute Gasteiger partial charge is 0.226 e. The molecular weight excluding hydrogens is 382 g/mol. The Morgan fingerprint density at radius 1 is 1.14 bits per heavy atom. The van der Waals surface area contributed by atoms with Crippen LogP contribution in [0.5, 0.6) is 5.75 Å². The number of hydrogen-bond donors (Lipinski definition) is 0. The molecular formula is C23H35N3O2S. The number of amides is 1. The van der Waals surface area contributed by atoms with Gasteiger partial charge in [-0.2, -0.15) is 11.8 Å². The maximum absolute atomic E-state index is 13.6. The molecule has 6 heteroatoms. The maximum atomic E-state index is 13.6. The highest BCUT2D eigenvalue weighted by molar-refractivity contribution is 7.98. The maximum Gasteiger partial charge on any atom is 0.226 e. The van der Waals surface area contributed by atoms with Gasteiger partial charge < -0.3 is 19.4 Å². The fourth-order valence-corrected chi connectivity index (χ4v) is 5.93. The van der Waals surface area contributed by atoms with Gasteiger partial charge in [0.2, 0.25) is 5.91 Å². The van der Waals surface area contributed by atoms with Gasteiger partial charge in [-0.3, -0.25) is 4.79 Å². The Hall–Kier alpha value is -1.24. The zero-order valence-electron chi connectivity index (χ0n) is 18.0. The first-order valence-corrected chi connectivity index (χ1v) is 12.3. The number of thioether (sulfide) groups is 1. The monoisotopic (exact) mass is 417 g/mol. The van der Waals surface area contributed by atoms with Gasteiger partial charge in [-0.05, 0) is 62.8 Å². The van der Waals surface area contributed by atoms with E-state index < -0.39 is 0 Å². The van der Waals surface area contributed by atoms with Gasteiger partial charge in [0.05, 0.1) is 13.2 Å². The zero-order chi connectivity index (χ0) is 20.4. The Balaban J connectivity index is 1.54. The number of methoxy groups -OCH3 is 1. The predicted octanol–water partition coefficient (Wildman–Crippen LogP) is 2.83. The standard InChI is InChI=1S/C23H35N3O2S/c1-24-10-8-18(9-11-24)23(27)26-15-19-14-25(12-13-29-3)16-21(19)22(26)17-4-6-20(28-2)7-5-17/h4-7,18-19,21-22H,8-16H2,1-3H3/t19-,21-,22-/m0/s1. The molecule has 0 saturated carbocycles. The molecule has 160 valence electrons. The lowest BCUT2D eigenvalue weighted by molar-refractivity contribution is -0.138. The van der Waals surface area contributed by atoms with Crippen LogP contribution >= 0.6 is 11.8 Å². The van der Waals surface area contributed by atoms with Crippen molar-refractivity contribution >= 4 is 17.7 Å². The molecule has 3 fully saturated rings. The number of benzene rings is 1. The summed E-state index contributed by atoms with van der Waals surface area (Å²) in [6.45, 7) is 6.39. The van der Waals surface area contributed by atoms with Crippen molar-refractivity contribution in [2.45, 2.75) is 18.9 Å². The second kappa shape index (κ2) is 9.27. The number of carbonyl (C=O) groups excluding carboxylic acids is 1. The molecule has 0 radical (unpaired) electrons. The highest BCUT2D eigenvalue weighted by Crippen LogP contribution is 2.46. The van der Waals surface area contributed by atoms with Crippen LogP contribution in [0.25, 0.3) is 0 Å². The SMILES string of the molecule is COc1ccc([C@H]2[C@H]3CN(CCSC)C[C@H]3CN2C(=O)C2CCN(C)CC2)cc1. The molecule has 0 aromatic heterocycles. The van der Waals surface area contributed by atoms with E-state index >= 15 is 0 Å². The third-order valence-electron chi connectivity index (χ3n) is 7.16. The van der Waals surface area contributed by atoms with E-state index in [2.05, 4.69) is 40.1 Å². The predicted molar refractivity (Wildman–Crippen MR) is 119 cm³/mol. The van der Waals surface area contributed by atoms with Crippen molar-refractivity contribution in [3.63, 3.8) is 0 Å². The minimum absolute atomic E-state index is 0.193. The minimum atomic E-state index is 0.193. The highest BCUT2D eigenvalue weighted by atomic mass is 32.2. The van der Waals surface area contributed by atoms with Crippen molar-refractivity contribution in [3.8, 4) is 5.75 Å². The fourth-order valence-electron chi connectivity index (χ4n) is 5.49. The third kappa shape index (κ3) is 4.44. The molecule has 0 spiro atoms. The number of carbonyl (C=O) groups is 1. The summed E-state index contributed by atoms with van der Waals surface area (Å²) >= 11 is 1.92. The summed E-state index contributed by atoms with van der Waals surface area (Å²) in [4.78, 5) is 20.8. The molecule has 3 atom stereocenters. The molecule has 0 bridgehead atoms. The van der Waals surface area contributed by atoms with E-state index in [1.807, 2.05) is 23.9 Å². The number of likely N-dealkylation sites (tertiary alicyclic amines) is 3. The van der Waals surface area contributed by atoms with Gasteiger partial charge in [-0.15, -0.1) is 0 Å². The van der Waals surface area contributed by atoms with E-state index in [0.717, 1.165) is 57.9 Å². The van der Waals surface area contributed by atoms with Crippen LogP contribution in [0.3, 0.4) is 0 Å². The van der Waals surface area contributed by atoms with Crippen molar-refractivity contribution in [3.05, 3.63) is 29.8 Å². The van der Waals surface area contributed by atoms with Crippen molar-refractivity contribution in [1.29, 1.82) is 0 Å². The van der Waals surface area contributed by atoms with Crippen molar-refractivity contribution in [1.82, 2.24) is 14.7 Å². The van der Waals surface area contributed by atoms with Gasteiger partial charge >= 0.3 is 0 Å². The Morgan fingerprint density at radius 3 is 2.52 bits per heavy atom.